The molecule has 0 aliphatic heterocycles. The van der Waals surface area contributed by atoms with Crippen molar-refractivity contribution in [1.29, 1.82) is 0 Å². The number of aromatic nitrogens is 6. The van der Waals surface area contributed by atoms with Gasteiger partial charge in [-0.3, -0.25) is 9.13 Å². The van der Waals surface area contributed by atoms with Crippen LogP contribution in [0.3, 0.4) is 0 Å². The zero-order chi connectivity index (χ0) is 37.2. The monoisotopic (exact) mass is 726 g/mol. The quantitative estimate of drug-likeness (QED) is 0.181. The highest BCUT2D eigenvalue weighted by atomic mass is 15.3. The Bertz CT molecular complexity index is 3520. The first-order chi connectivity index (χ1) is 28.3. The van der Waals surface area contributed by atoms with E-state index in [1.807, 2.05) is 0 Å². The van der Waals surface area contributed by atoms with E-state index in [-0.39, 0.29) is 0 Å². The topological polar surface area (TPSA) is 52.9 Å². The van der Waals surface area contributed by atoms with Gasteiger partial charge >= 0.3 is 0 Å². The van der Waals surface area contributed by atoms with E-state index in [0.717, 1.165) is 54.7 Å². The molecule has 0 aliphatic carbocycles. The van der Waals surface area contributed by atoms with Crippen molar-refractivity contribution in [2.24, 2.45) is 0 Å². The predicted molar refractivity (Wildman–Crippen MR) is 234 cm³/mol. The van der Waals surface area contributed by atoms with Gasteiger partial charge in [0.25, 0.3) is 0 Å². The molecule has 5 heterocycles. The van der Waals surface area contributed by atoms with E-state index in [1.165, 1.54) is 43.7 Å². The Morgan fingerprint density at radius 1 is 0.281 bits per heavy atom. The Labute approximate surface area is 325 Å². The van der Waals surface area contributed by atoms with Crippen molar-refractivity contribution >= 4 is 81.7 Å². The molecule has 0 saturated carbocycles. The van der Waals surface area contributed by atoms with Crippen LogP contribution in [-0.2, 0) is 0 Å². The van der Waals surface area contributed by atoms with Crippen molar-refractivity contribution in [3.8, 4) is 34.4 Å². The Kier molecular flexibility index (Phi) is 6.07. The van der Waals surface area contributed by atoms with Crippen molar-refractivity contribution in [2.45, 2.75) is 0 Å². The molecule has 13 aromatic rings. The maximum atomic E-state index is 5.31. The molecule has 6 nitrogen and oxygen atoms in total. The molecular formula is C51H30N6. The van der Waals surface area contributed by atoms with Crippen LogP contribution in [0.2, 0.25) is 0 Å². The van der Waals surface area contributed by atoms with Crippen LogP contribution in [0.5, 0.6) is 0 Å². The van der Waals surface area contributed by atoms with Gasteiger partial charge in [0.2, 0.25) is 11.9 Å². The molecule has 0 N–H and O–H groups in total. The SMILES string of the molecule is c1ccc2c(c1)c1ccccc1n2-c1nc(-c2ccc(-c3cccc4c5cccc6c7ccccc7n(c34)c65)cc2)nc(-n2c3ccccc3c3ccccc32)n1. The molecule has 264 valence electrons. The molecule has 0 bridgehead atoms. The lowest BCUT2D eigenvalue weighted by Crippen LogP contribution is -2.10. The smallest absolute Gasteiger partial charge is 0.240 e. The van der Waals surface area contributed by atoms with Crippen LogP contribution in [-0.4, -0.2) is 28.5 Å². The fourth-order valence-corrected chi connectivity index (χ4v) is 9.46. The third-order valence-electron chi connectivity index (χ3n) is 11.9. The summed E-state index contributed by atoms with van der Waals surface area (Å²) in [6.45, 7) is 0. The molecule has 0 radical (unpaired) electrons. The fraction of sp³-hybridized carbons (Fsp3) is 0. The predicted octanol–water partition coefficient (Wildman–Crippen LogP) is 12.5. The molecule has 13 rings (SSSR count). The minimum atomic E-state index is 0.570. The van der Waals surface area contributed by atoms with Crippen molar-refractivity contribution in [3.05, 3.63) is 182 Å². The van der Waals surface area contributed by atoms with Gasteiger partial charge in [0, 0.05) is 54.2 Å². The second-order valence-corrected chi connectivity index (χ2v) is 14.8. The molecule has 0 fully saturated rings. The Hall–Kier alpha value is -7.83. The highest BCUT2D eigenvalue weighted by Crippen LogP contribution is 2.42. The van der Waals surface area contributed by atoms with Gasteiger partial charge in [-0.15, -0.1) is 0 Å². The van der Waals surface area contributed by atoms with E-state index >= 15 is 0 Å². The van der Waals surface area contributed by atoms with Crippen LogP contribution in [0.1, 0.15) is 0 Å². The van der Waals surface area contributed by atoms with Gasteiger partial charge in [0.05, 0.1) is 38.6 Å². The molecular weight excluding hydrogens is 697 g/mol. The summed E-state index contributed by atoms with van der Waals surface area (Å²) in [5.74, 6) is 1.75. The van der Waals surface area contributed by atoms with Gasteiger partial charge in [0.15, 0.2) is 5.82 Å². The number of hydrogen-bond donors (Lipinski definition) is 0. The van der Waals surface area contributed by atoms with Crippen LogP contribution in [0, 0.1) is 0 Å². The average Bonchev–Trinajstić information content (AvgIpc) is 4.01. The number of para-hydroxylation sites is 7. The Balaban J connectivity index is 1.05. The second kappa shape index (κ2) is 11.4. The fourth-order valence-electron chi connectivity index (χ4n) is 9.46. The summed E-state index contributed by atoms with van der Waals surface area (Å²) < 4.78 is 6.81. The lowest BCUT2D eigenvalue weighted by molar-refractivity contribution is 0.893. The summed E-state index contributed by atoms with van der Waals surface area (Å²) in [5, 5.41) is 9.72. The Morgan fingerprint density at radius 3 is 1.16 bits per heavy atom. The maximum absolute atomic E-state index is 5.31. The second-order valence-electron chi connectivity index (χ2n) is 14.8. The molecule has 6 heteroatoms. The summed E-state index contributed by atoms with van der Waals surface area (Å²) in [6.07, 6.45) is 0. The highest BCUT2D eigenvalue weighted by Gasteiger charge is 2.22. The molecule has 0 unspecified atom stereocenters. The van der Waals surface area contributed by atoms with Crippen molar-refractivity contribution in [1.82, 2.24) is 28.5 Å². The summed E-state index contributed by atoms with van der Waals surface area (Å²) in [6, 6.07) is 64.7. The molecule has 0 atom stereocenters. The van der Waals surface area contributed by atoms with E-state index in [0.29, 0.717) is 17.7 Å². The largest absolute Gasteiger partial charge is 0.307 e. The molecule has 0 amide bonds. The first-order valence-corrected chi connectivity index (χ1v) is 19.3. The first-order valence-electron chi connectivity index (χ1n) is 19.3. The Morgan fingerprint density at radius 2 is 0.649 bits per heavy atom. The first kappa shape index (κ1) is 30.5. The molecule has 5 aromatic heterocycles. The van der Waals surface area contributed by atoms with E-state index in [4.69, 9.17) is 15.0 Å². The van der Waals surface area contributed by atoms with E-state index in [1.54, 1.807) is 0 Å². The minimum Gasteiger partial charge on any atom is -0.307 e. The van der Waals surface area contributed by atoms with E-state index in [9.17, 15) is 0 Å². The van der Waals surface area contributed by atoms with Crippen molar-refractivity contribution in [3.63, 3.8) is 0 Å². The van der Waals surface area contributed by atoms with Crippen molar-refractivity contribution in [2.75, 3.05) is 0 Å². The normalized spacial score (nSPS) is 12.2. The van der Waals surface area contributed by atoms with Crippen LogP contribution in [0.15, 0.2) is 182 Å². The maximum Gasteiger partial charge on any atom is 0.240 e. The zero-order valence-corrected chi connectivity index (χ0v) is 30.5. The third kappa shape index (κ3) is 4.16. The number of hydrogen-bond acceptors (Lipinski definition) is 3. The standard InChI is InChI=1S/C51H30N6/c1-6-22-42-34(13-1)35-14-2-7-23-43(35)55(42)50-52-49(53-51(54-50)56-44-24-8-3-15-36(44)37-16-4-9-25-45(37)56)32-29-27-31(28-30-32)33-18-11-20-40-41-21-12-19-39-38-17-5-10-26-46(38)57(47(33)40)48(39)41/h1-30H. The lowest BCUT2D eigenvalue weighted by Gasteiger charge is -2.13. The molecule has 57 heavy (non-hydrogen) atoms. The van der Waals surface area contributed by atoms with Crippen LogP contribution in [0.25, 0.3) is 116 Å². The van der Waals surface area contributed by atoms with E-state index in [2.05, 4.69) is 196 Å². The van der Waals surface area contributed by atoms with Gasteiger partial charge in [-0.1, -0.05) is 152 Å². The number of rotatable bonds is 4. The average molecular weight is 727 g/mol. The van der Waals surface area contributed by atoms with Gasteiger partial charge in [0.1, 0.15) is 0 Å². The zero-order valence-electron chi connectivity index (χ0n) is 30.5. The summed E-state index contributed by atoms with van der Waals surface area (Å²) in [5.41, 5.74) is 11.1. The third-order valence-corrected chi connectivity index (χ3v) is 11.9. The molecule has 8 aromatic carbocycles. The highest BCUT2D eigenvalue weighted by molar-refractivity contribution is 6.25. The van der Waals surface area contributed by atoms with E-state index < -0.39 is 0 Å². The minimum absolute atomic E-state index is 0.570. The van der Waals surface area contributed by atoms with Gasteiger partial charge in [-0.05, 0) is 35.9 Å². The van der Waals surface area contributed by atoms with Crippen LogP contribution >= 0.6 is 0 Å². The molecule has 0 saturated heterocycles. The summed E-state index contributed by atoms with van der Waals surface area (Å²) in [4.78, 5) is 15.9. The van der Waals surface area contributed by atoms with Crippen LogP contribution in [0.4, 0.5) is 0 Å². The lowest BCUT2D eigenvalue weighted by atomic mass is 10.00. The number of nitrogens with zero attached hydrogens (tertiary/aromatic N) is 6. The molecule has 0 spiro atoms. The number of benzene rings is 8. The number of fused-ring (bicyclic) bond motifs is 12. The summed E-state index contributed by atoms with van der Waals surface area (Å²) in [7, 11) is 0. The van der Waals surface area contributed by atoms with Crippen molar-refractivity contribution < 1.29 is 0 Å². The van der Waals surface area contributed by atoms with Gasteiger partial charge < -0.3 is 4.40 Å². The molecule has 0 aliphatic rings. The van der Waals surface area contributed by atoms with Gasteiger partial charge in [-0.25, -0.2) is 0 Å². The van der Waals surface area contributed by atoms with Gasteiger partial charge in [-0.2, -0.15) is 15.0 Å². The summed E-state index contributed by atoms with van der Waals surface area (Å²) >= 11 is 0. The van der Waals surface area contributed by atoms with Crippen LogP contribution < -0.4 is 0 Å².